The lowest BCUT2D eigenvalue weighted by Crippen LogP contribution is -2.22. The van der Waals surface area contributed by atoms with E-state index in [9.17, 15) is 4.79 Å². The lowest BCUT2D eigenvalue weighted by Gasteiger charge is -2.06. The van der Waals surface area contributed by atoms with Crippen molar-refractivity contribution in [2.24, 2.45) is 0 Å². The molecule has 3 aromatic rings. The van der Waals surface area contributed by atoms with Crippen LogP contribution in [0.4, 0.5) is 5.69 Å². The number of nitrogen functional groups attached to an aromatic ring is 1. The number of fused-ring (bicyclic) bond motifs is 1. The van der Waals surface area contributed by atoms with Gasteiger partial charge in [-0.15, -0.1) is 28.2 Å². The molecule has 0 saturated carbocycles. The van der Waals surface area contributed by atoms with Crippen LogP contribution in [0.1, 0.15) is 26.5 Å². The number of benzene rings is 1. The number of nitrogens with one attached hydrogen (secondary N) is 1. The molecule has 8 heteroatoms. The van der Waals surface area contributed by atoms with Gasteiger partial charge < -0.3 is 16.2 Å². The Morgan fingerprint density at radius 1 is 1.27 bits per heavy atom. The lowest BCUT2D eigenvalue weighted by molar-refractivity contribution is 0.0956. The van der Waals surface area contributed by atoms with Gasteiger partial charge >= 0.3 is 0 Å². The zero-order valence-electron chi connectivity index (χ0n) is 14.6. The molecule has 2 aromatic heterocycles. The second-order valence-electron chi connectivity index (χ2n) is 5.83. The maximum Gasteiger partial charge on any atom is 0.263 e. The summed E-state index contributed by atoms with van der Waals surface area (Å²) in [4.78, 5) is 14.8. The summed E-state index contributed by atoms with van der Waals surface area (Å²) in [7, 11) is 0. The summed E-state index contributed by atoms with van der Waals surface area (Å²) in [5.74, 6) is 0.463. The van der Waals surface area contributed by atoms with Crippen molar-refractivity contribution in [1.29, 1.82) is 0 Å². The van der Waals surface area contributed by atoms with Gasteiger partial charge in [0.25, 0.3) is 5.91 Å². The van der Waals surface area contributed by atoms with Crippen LogP contribution >= 0.6 is 23.1 Å². The molecular formula is C18H20N4O2S2. The number of nitrogens with two attached hydrogens (primary N) is 1. The van der Waals surface area contributed by atoms with E-state index in [0.29, 0.717) is 27.7 Å². The third-order valence-electron chi connectivity index (χ3n) is 4.08. The van der Waals surface area contributed by atoms with E-state index < -0.39 is 0 Å². The van der Waals surface area contributed by atoms with Crippen LogP contribution in [-0.4, -0.2) is 33.6 Å². The molecule has 0 unspecified atom stereocenters. The Hall–Kier alpha value is -2.16. The van der Waals surface area contributed by atoms with Crippen molar-refractivity contribution < 1.29 is 9.90 Å². The van der Waals surface area contributed by atoms with Gasteiger partial charge in [0.2, 0.25) is 0 Å². The topological polar surface area (TPSA) is 101 Å². The van der Waals surface area contributed by atoms with Gasteiger partial charge in [-0.25, -0.2) is 0 Å². The van der Waals surface area contributed by atoms with Crippen LogP contribution in [0.5, 0.6) is 0 Å². The molecule has 0 aliphatic heterocycles. The van der Waals surface area contributed by atoms with Crippen LogP contribution in [0.15, 0.2) is 29.2 Å². The normalized spacial score (nSPS) is 11.0. The van der Waals surface area contributed by atoms with E-state index >= 15 is 0 Å². The Bertz CT molecular complexity index is 939. The molecule has 136 valence electrons. The summed E-state index contributed by atoms with van der Waals surface area (Å²) in [6.45, 7) is 4.39. The number of aliphatic hydroxyl groups excluding tert-OH is 1. The van der Waals surface area contributed by atoms with Crippen molar-refractivity contribution in [3.63, 3.8) is 0 Å². The standard InChI is InChI=1S/C18H20N4O2S2/c1-10-11(2)21-22-18-14(10)15(19)16(26-18)17(24)20-9-12-3-5-13(6-4-12)25-8-7-23/h3-6,23H,7-9,19H2,1-2H3,(H,20,24). The Labute approximate surface area is 159 Å². The molecule has 1 aromatic carbocycles. The second-order valence-corrected chi connectivity index (χ2v) is 8.00. The van der Waals surface area contributed by atoms with Crippen LogP contribution in [0, 0.1) is 13.8 Å². The molecule has 0 bridgehead atoms. The predicted molar refractivity (Wildman–Crippen MR) is 107 cm³/mol. The third kappa shape index (κ3) is 3.82. The SMILES string of the molecule is Cc1nnc2sc(C(=O)NCc3ccc(SCCO)cc3)c(N)c2c1C. The third-order valence-corrected chi connectivity index (χ3v) is 6.16. The molecular weight excluding hydrogens is 368 g/mol. The molecule has 0 atom stereocenters. The predicted octanol–water partition coefficient (Wildman–Crippen LogP) is 2.90. The highest BCUT2D eigenvalue weighted by atomic mass is 32.2. The molecule has 6 nitrogen and oxygen atoms in total. The summed E-state index contributed by atoms with van der Waals surface area (Å²) in [6.07, 6.45) is 0. The number of anilines is 1. The number of hydrogen-bond acceptors (Lipinski definition) is 7. The van der Waals surface area contributed by atoms with Crippen LogP contribution in [0.25, 0.3) is 10.2 Å². The van der Waals surface area contributed by atoms with Crippen molar-refractivity contribution in [1.82, 2.24) is 15.5 Å². The number of aliphatic hydroxyl groups is 1. The van der Waals surface area contributed by atoms with Crippen molar-refractivity contribution >= 4 is 44.9 Å². The largest absolute Gasteiger partial charge is 0.397 e. The van der Waals surface area contributed by atoms with Gasteiger partial charge in [0.05, 0.1) is 18.0 Å². The van der Waals surface area contributed by atoms with Crippen LogP contribution in [0.2, 0.25) is 0 Å². The van der Waals surface area contributed by atoms with Crippen LogP contribution < -0.4 is 11.1 Å². The number of amides is 1. The maximum absolute atomic E-state index is 12.6. The first-order chi connectivity index (χ1) is 12.5. The molecule has 1 amide bonds. The molecule has 0 aliphatic rings. The quantitative estimate of drug-likeness (QED) is 0.561. The van der Waals surface area contributed by atoms with E-state index in [4.69, 9.17) is 10.8 Å². The van der Waals surface area contributed by atoms with Crippen molar-refractivity contribution in [2.45, 2.75) is 25.3 Å². The van der Waals surface area contributed by atoms with Crippen molar-refractivity contribution in [3.05, 3.63) is 46.0 Å². The summed E-state index contributed by atoms with van der Waals surface area (Å²) in [5.41, 5.74) is 9.44. The molecule has 0 spiro atoms. The highest BCUT2D eigenvalue weighted by Gasteiger charge is 2.19. The molecule has 26 heavy (non-hydrogen) atoms. The number of rotatable bonds is 6. The minimum absolute atomic E-state index is 0.155. The van der Waals surface area contributed by atoms with Gasteiger partial charge in [0.1, 0.15) is 9.71 Å². The number of carbonyl (C=O) groups excluding carboxylic acids is 1. The highest BCUT2D eigenvalue weighted by molar-refractivity contribution is 7.99. The van der Waals surface area contributed by atoms with Gasteiger partial charge in [-0.1, -0.05) is 12.1 Å². The second kappa shape index (κ2) is 8.03. The molecule has 4 N–H and O–H groups in total. The molecule has 0 radical (unpaired) electrons. The zero-order chi connectivity index (χ0) is 18.7. The summed E-state index contributed by atoms with van der Waals surface area (Å²) < 4.78 is 0. The maximum atomic E-state index is 12.6. The van der Waals surface area contributed by atoms with Gasteiger partial charge in [-0.2, -0.15) is 5.10 Å². The van der Waals surface area contributed by atoms with Gasteiger partial charge in [-0.3, -0.25) is 4.79 Å². The number of carbonyl (C=O) groups is 1. The molecule has 0 aliphatic carbocycles. The fraction of sp³-hybridized carbons (Fsp3) is 0.278. The Morgan fingerprint density at radius 2 is 2.00 bits per heavy atom. The zero-order valence-corrected chi connectivity index (χ0v) is 16.2. The van der Waals surface area contributed by atoms with E-state index in [1.165, 1.54) is 11.3 Å². The average Bonchev–Trinajstić information content (AvgIpc) is 2.99. The fourth-order valence-corrected chi connectivity index (χ4v) is 4.21. The van der Waals surface area contributed by atoms with Gasteiger partial charge in [0, 0.05) is 22.6 Å². The first-order valence-corrected chi connectivity index (χ1v) is 9.94. The monoisotopic (exact) mass is 388 g/mol. The molecule has 2 heterocycles. The van der Waals surface area contributed by atoms with E-state index in [2.05, 4.69) is 15.5 Å². The summed E-state index contributed by atoms with van der Waals surface area (Å²) in [5, 5.41) is 20.8. The number of aromatic nitrogens is 2. The first-order valence-electron chi connectivity index (χ1n) is 8.14. The average molecular weight is 389 g/mol. The van der Waals surface area contributed by atoms with Crippen molar-refractivity contribution in [2.75, 3.05) is 18.1 Å². The van der Waals surface area contributed by atoms with Crippen LogP contribution in [-0.2, 0) is 6.54 Å². The molecule has 3 rings (SSSR count). The van der Waals surface area contributed by atoms with E-state index in [1.54, 1.807) is 11.8 Å². The van der Waals surface area contributed by atoms with E-state index in [0.717, 1.165) is 27.1 Å². The van der Waals surface area contributed by atoms with Gasteiger partial charge in [0.15, 0.2) is 0 Å². The summed E-state index contributed by atoms with van der Waals surface area (Å²) >= 11 is 2.86. The summed E-state index contributed by atoms with van der Waals surface area (Å²) in [6, 6.07) is 7.90. The van der Waals surface area contributed by atoms with Crippen molar-refractivity contribution in [3.8, 4) is 0 Å². The Morgan fingerprint density at radius 3 is 2.69 bits per heavy atom. The highest BCUT2D eigenvalue weighted by Crippen LogP contribution is 2.34. The number of nitrogens with zero attached hydrogens (tertiary/aromatic N) is 2. The fourth-order valence-electron chi connectivity index (χ4n) is 2.54. The minimum Gasteiger partial charge on any atom is -0.397 e. The van der Waals surface area contributed by atoms with Gasteiger partial charge in [-0.05, 0) is 37.1 Å². The number of hydrogen-bond donors (Lipinski definition) is 3. The van der Waals surface area contributed by atoms with E-state index in [-0.39, 0.29) is 12.5 Å². The number of thioether (sulfide) groups is 1. The molecule has 0 saturated heterocycles. The number of aryl methyl sites for hydroxylation is 2. The van der Waals surface area contributed by atoms with Crippen LogP contribution in [0.3, 0.4) is 0 Å². The Kier molecular flexibility index (Phi) is 5.75. The number of thiophene rings is 1. The lowest BCUT2D eigenvalue weighted by atomic mass is 10.1. The Balaban J connectivity index is 1.71. The molecule has 0 fully saturated rings. The van der Waals surface area contributed by atoms with E-state index in [1.807, 2.05) is 38.1 Å². The first kappa shape index (κ1) is 18.6. The smallest absolute Gasteiger partial charge is 0.263 e. The minimum atomic E-state index is -0.207.